The molecule has 1 atom stereocenters. The smallest absolute Gasteiger partial charge is 0.130 e. The molecule has 1 unspecified atom stereocenters. The van der Waals surface area contributed by atoms with Crippen molar-refractivity contribution in [2.24, 2.45) is 5.11 Å². The number of benzene rings is 2. The average Bonchev–Trinajstić information content (AvgIpc) is 2.88. The van der Waals surface area contributed by atoms with E-state index in [4.69, 9.17) is 33.5 Å². The lowest BCUT2D eigenvalue weighted by Crippen LogP contribution is -2.16. The average molecular weight is 320 g/mol. The highest BCUT2D eigenvalue weighted by Crippen LogP contribution is 2.41. The highest BCUT2D eigenvalue weighted by atomic mass is 35.5. The predicted octanol–water partition coefficient (Wildman–Crippen LogP) is 5.27. The molecule has 0 saturated carbocycles. The normalized spacial score (nSPS) is 16.0. The van der Waals surface area contributed by atoms with Crippen LogP contribution >= 0.6 is 23.2 Å². The molecule has 4 nitrogen and oxygen atoms in total. The Morgan fingerprint density at radius 2 is 2.10 bits per heavy atom. The summed E-state index contributed by atoms with van der Waals surface area (Å²) >= 11 is 12.2. The van der Waals surface area contributed by atoms with Gasteiger partial charge >= 0.3 is 0 Å². The van der Waals surface area contributed by atoms with Crippen molar-refractivity contribution in [3.63, 3.8) is 0 Å². The number of hydrogen-bond donors (Lipinski definition) is 0. The Morgan fingerprint density at radius 1 is 1.24 bits per heavy atom. The molecule has 2 aromatic carbocycles. The topological polar surface area (TPSA) is 58.0 Å². The van der Waals surface area contributed by atoms with Gasteiger partial charge in [0.05, 0.1) is 11.6 Å². The number of halogens is 2. The Labute approximate surface area is 131 Å². The van der Waals surface area contributed by atoms with Crippen molar-refractivity contribution >= 4 is 23.2 Å². The van der Waals surface area contributed by atoms with Crippen LogP contribution in [0, 0.1) is 0 Å². The van der Waals surface area contributed by atoms with Gasteiger partial charge in [0, 0.05) is 27.5 Å². The molecule has 0 amide bonds. The van der Waals surface area contributed by atoms with E-state index in [1.807, 2.05) is 24.3 Å². The molecule has 6 heteroatoms. The van der Waals surface area contributed by atoms with E-state index >= 15 is 0 Å². The zero-order valence-electron chi connectivity index (χ0n) is 11.0. The molecule has 0 fully saturated rings. The zero-order valence-corrected chi connectivity index (χ0v) is 12.5. The van der Waals surface area contributed by atoms with Crippen molar-refractivity contribution in [3.8, 4) is 16.9 Å². The Hall–Kier alpha value is -1.87. The van der Waals surface area contributed by atoms with Gasteiger partial charge in [-0.25, -0.2) is 0 Å². The Morgan fingerprint density at radius 3 is 2.86 bits per heavy atom. The number of nitrogens with zero attached hydrogens (tertiary/aromatic N) is 3. The van der Waals surface area contributed by atoms with Crippen LogP contribution in [0.5, 0.6) is 5.75 Å². The summed E-state index contributed by atoms with van der Waals surface area (Å²) < 4.78 is 5.92. The largest absolute Gasteiger partial charge is 0.489 e. The third-order valence-electron chi connectivity index (χ3n) is 3.40. The van der Waals surface area contributed by atoms with Crippen molar-refractivity contribution in [3.05, 3.63) is 62.4 Å². The first kappa shape index (κ1) is 14.1. The monoisotopic (exact) mass is 319 g/mol. The minimum absolute atomic E-state index is 0.122. The second-order valence-corrected chi connectivity index (χ2v) is 5.62. The van der Waals surface area contributed by atoms with Crippen LogP contribution in [0.25, 0.3) is 21.6 Å². The molecule has 106 valence electrons. The number of rotatable bonds is 3. The molecule has 3 rings (SSSR count). The van der Waals surface area contributed by atoms with Crippen LogP contribution in [0.1, 0.15) is 5.56 Å². The lowest BCUT2D eigenvalue weighted by atomic mass is 10.0. The van der Waals surface area contributed by atoms with Crippen LogP contribution in [0.3, 0.4) is 0 Å². The summed E-state index contributed by atoms with van der Waals surface area (Å²) in [5.74, 6) is 0.805. The second kappa shape index (κ2) is 5.86. The fourth-order valence-corrected chi connectivity index (χ4v) is 3.00. The van der Waals surface area contributed by atoms with Gasteiger partial charge in [0.1, 0.15) is 11.9 Å². The molecule has 1 heterocycles. The van der Waals surface area contributed by atoms with Gasteiger partial charge in [-0.3, -0.25) is 0 Å². The van der Waals surface area contributed by atoms with Gasteiger partial charge in [0.15, 0.2) is 0 Å². The molecule has 0 aliphatic carbocycles. The maximum Gasteiger partial charge on any atom is 0.130 e. The summed E-state index contributed by atoms with van der Waals surface area (Å²) in [7, 11) is 0. The summed E-state index contributed by atoms with van der Waals surface area (Å²) in [4.78, 5) is 2.78. The molecule has 0 saturated heterocycles. The van der Waals surface area contributed by atoms with Crippen LogP contribution in [0.15, 0.2) is 41.5 Å². The van der Waals surface area contributed by atoms with E-state index in [1.54, 1.807) is 12.1 Å². The lowest BCUT2D eigenvalue weighted by Gasteiger charge is -2.12. The fourth-order valence-electron chi connectivity index (χ4n) is 2.49. The third-order valence-corrected chi connectivity index (χ3v) is 3.95. The number of azide groups is 1. The third kappa shape index (κ3) is 2.79. The molecule has 1 aliphatic rings. The van der Waals surface area contributed by atoms with Gasteiger partial charge in [-0.15, -0.1) is 0 Å². The van der Waals surface area contributed by atoms with E-state index in [0.29, 0.717) is 16.6 Å². The van der Waals surface area contributed by atoms with Crippen molar-refractivity contribution < 1.29 is 4.74 Å². The van der Waals surface area contributed by atoms with Gasteiger partial charge in [-0.2, -0.15) is 0 Å². The standard InChI is InChI=1S/C15H11Cl2N3O/c16-10-4-5-12(14(17)7-10)13-3-1-2-9-6-11(8-19-20-18)21-15(9)13/h1-5,7,11H,6,8H2. The molecular weight excluding hydrogens is 309 g/mol. The summed E-state index contributed by atoms with van der Waals surface area (Å²) in [5.41, 5.74) is 11.3. The van der Waals surface area contributed by atoms with Gasteiger partial charge < -0.3 is 4.74 Å². The van der Waals surface area contributed by atoms with Crippen LogP contribution in [0.2, 0.25) is 10.0 Å². The first-order valence-electron chi connectivity index (χ1n) is 6.44. The second-order valence-electron chi connectivity index (χ2n) is 4.78. The lowest BCUT2D eigenvalue weighted by molar-refractivity contribution is 0.242. The Balaban J connectivity index is 2.00. The van der Waals surface area contributed by atoms with Crippen LogP contribution in [-0.2, 0) is 6.42 Å². The SMILES string of the molecule is [N-]=[N+]=NCC1Cc2cccc(-c3ccc(Cl)cc3Cl)c2O1. The maximum atomic E-state index is 8.41. The van der Waals surface area contributed by atoms with Crippen LogP contribution in [-0.4, -0.2) is 12.6 Å². The van der Waals surface area contributed by atoms with Crippen LogP contribution in [0.4, 0.5) is 0 Å². The minimum atomic E-state index is -0.122. The molecule has 0 N–H and O–H groups in total. The van der Waals surface area contributed by atoms with Gasteiger partial charge in [-0.1, -0.05) is 52.6 Å². The molecule has 2 aromatic rings. The molecule has 21 heavy (non-hydrogen) atoms. The van der Waals surface area contributed by atoms with Crippen LogP contribution < -0.4 is 4.74 Å². The fraction of sp³-hybridized carbons (Fsp3) is 0.200. The van der Waals surface area contributed by atoms with E-state index < -0.39 is 0 Å². The number of para-hydroxylation sites is 1. The number of ether oxygens (including phenoxy) is 1. The number of hydrogen-bond acceptors (Lipinski definition) is 2. The van der Waals surface area contributed by atoms with Crippen molar-refractivity contribution in [2.75, 3.05) is 6.54 Å². The highest BCUT2D eigenvalue weighted by Gasteiger charge is 2.25. The quantitative estimate of drug-likeness (QED) is 0.431. The van der Waals surface area contributed by atoms with Gasteiger partial charge in [0.2, 0.25) is 0 Å². The van der Waals surface area contributed by atoms with E-state index in [-0.39, 0.29) is 6.10 Å². The maximum absolute atomic E-state index is 8.41. The first-order valence-corrected chi connectivity index (χ1v) is 7.19. The summed E-state index contributed by atoms with van der Waals surface area (Å²) in [5, 5.41) is 4.76. The zero-order chi connectivity index (χ0) is 14.8. The first-order chi connectivity index (χ1) is 10.2. The molecule has 1 aliphatic heterocycles. The molecule has 0 aromatic heterocycles. The van der Waals surface area contributed by atoms with Crippen molar-refractivity contribution in [1.82, 2.24) is 0 Å². The molecular formula is C15H11Cl2N3O. The minimum Gasteiger partial charge on any atom is -0.489 e. The Bertz CT molecular complexity index is 742. The highest BCUT2D eigenvalue weighted by molar-refractivity contribution is 6.36. The molecule has 0 radical (unpaired) electrons. The van der Waals surface area contributed by atoms with E-state index in [2.05, 4.69) is 10.0 Å². The summed E-state index contributed by atoms with van der Waals surface area (Å²) in [6.07, 6.45) is 0.607. The molecule has 0 spiro atoms. The van der Waals surface area contributed by atoms with Gasteiger partial charge in [0.25, 0.3) is 0 Å². The number of fused-ring (bicyclic) bond motifs is 1. The van der Waals surface area contributed by atoms with E-state index in [1.165, 1.54) is 0 Å². The van der Waals surface area contributed by atoms with Crippen molar-refractivity contribution in [2.45, 2.75) is 12.5 Å². The van der Waals surface area contributed by atoms with E-state index in [9.17, 15) is 0 Å². The van der Waals surface area contributed by atoms with Gasteiger partial charge in [-0.05, 0) is 23.2 Å². The summed E-state index contributed by atoms with van der Waals surface area (Å²) in [6.45, 7) is 0.318. The summed E-state index contributed by atoms with van der Waals surface area (Å²) in [6, 6.07) is 11.3. The van der Waals surface area contributed by atoms with E-state index in [0.717, 1.165) is 28.9 Å². The Kier molecular flexibility index (Phi) is 3.93. The predicted molar refractivity (Wildman–Crippen MR) is 84.0 cm³/mol. The van der Waals surface area contributed by atoms with Crippen molar-refractivity contribution in [1.29, 1.82) is 0 Å². The molecule has 0 bridgehead atoms.